The largest absolute Gasteiger partial charge is 0.368 e. The molecule has 1 heterocycles. The first kappa shape index (κ1) is 30.3. The first-order valence-corrected chi connectivity index (χ1v) is 15.4. The highest BCUT2D eigenvalue weighted by Crippen LogP contribution is 2.40. The van der Waals surface area contributed by atoms with Gasteiger partial charge in [-0.15, -0.1) is 0 Å². The number of rotatable bonds is 11. The third-order valence-corrected chi connectivity index (χ3v) is 9.38. The second-order valence-corrected chi connectivity index (χ2v) is 12.2. The fraction of sp³-hybridized carbons (Fsp3) is 0.314. The van der Waals surface area contributed by atoms with Crippen molar-refractivity contribution in [2.45, 2.75) is 75.0 Å². The Morgan fingerprint density at radius 1 is 0.667 bits per heavy atom. The van der Waals surface area contributed by atoms with E-state index in [0.29, 0.717) is 11.5 Å². The summed E-state index contributed by atoms with van der Waals surface area (Å²) in [6.45, 7) is 6.30. The average molecular weight is 587 g/mol. The van der Waals surface area contributed by atoms with Crippen LogP contribution in [0.5, 0.6) is 0 Å². The van der Waals surface area contributed by atoms with Gasteiger partial charge in [0.25, 0.3) is 5.12 Å². The third-order valence-electron chi connectivity index (χ3n) is 7.50. The maximum Gasteiger partial charge on any atom is 0.279 e. The van der Waals surface area contributed by atoms with Crippen LogP contribution in [0.15, 0.2) is 114 Å². The van der Waals surface area contributed by atoms with Gasteiger partial charge in [-0.3, -0.25) is 0 Å². The van der Waals surface area contributed by atoms with Crippen LogP contribution >= 0.6 is 0 Å². The molecule has 6 atom stereocenters. The summed E-state index contributed by atoms with van der Waals surface area (Å²) in [6.07, 6.45) is -3.23. The molecule has 0 radical (unpaired) electrons. The van der Waals surface area contributed by atoms with E-state index in [1.807, 2.05) is 130 Å². The lowest BCUT2D eigenvalue weighted by atomic mass is 9.98. The lowest BCUT2D eigenvalue weighted by molar-refractivity contribution is -0.326. The summed E-state index contributed by atoms with van der Waals surface area (Å²) in [4.78, 5) is 0.519. The molecule has 6 nitrogen and oxygen atoms in total. The van der Waals surface area contributed by atoms with E-state index in [1.165, 1.54) is 0 Å². The zero-order valence-electron chi connectivity index (χ0n) is 24.2. The van der Waals surface area contributed by atoms with Crippen LogP contribution in [0.1, 0.15) is 34.7 Å². The topological polar surface area (TPSA) is 74.2 Å². The summed E-state index contributed by atoms with van der Waals surface area (Å²) >= 11 is 0. The Morgan fingerprint density at radius 2 is 1.10 bits per heavy atom. The zero-order chi connectivity index (χ0) is 29.5. The molecule has 5 rings (SSSR count). The van der Waals surface area contributed by atoms with Crippen molar-refractivity contribution in [1.82, 2.24) is 0 Å². The number of aryl methyl sites for hydroxylation is 2. The van der Waals surface area contributed by atoms with E-state index in [9.17, 15) is 9.32 Å². The normalized spacial score (nSPS) is 24.8. The molecule has 4 aromatic rings. The molecule has 0 spiro atoms. The van der Waals surface area contributed by atoms with E-state index < -0.39 is 40.3 Å². The second-order valence-electron chi connectivity index (χ2n) is 10.7. The summed E-state index contributed by atoms with van der Waals surface area (Å²) in [5.41, 5.74) is 4.45. The quantitative estimate of drug-likeness (QED) is 0.225. The van der Waals surface area contributed by atoms with Crippen LogP contribution < -0.4 is 0 Å². The molecular weight excluding hydrogens is 548 g/mol. The SMILES string of the molecule is Cc1cccc(C)c1S(=O)[C@]1(O)O[C@@H](C)[C@@H](OCc2ccccc2)[C@@H](OCc2ccccc2)[C@@H]1OCc1ccccc1. The average Bonchev–Trinajstić information content (AvgIpc) is 3.00. The standard InChI is InChI=1S/C35H38O6S/c1-25-14-13-15-26(2)33(25)42(37)35(36)34(40-24-30-20-11-6-12-21-30)32(39-23-29-18-9-5-10-19-29)31(27(3)41-35)38-22-28-16-7-4-8-17-28/h4-21,27,31-32,34,36H,22-24H2,1-3H3/t27-,31+,32+,34-,35+,42?/m0/s1. The van der Waals surface area contributed by atoms with Crippen molar-refractivity contribution in [2.24, 2.45) is 0 Å². The maximum atomic E-state index is 14.4. The molecule has 4 aromatic carbocycles. The number of hydrogen-bond donors (Lipinski definition) is 1. The zero-order valence-corrected chi connectivity index (χ0v) is 25.0. The maximum absolute atomic E-state index is 14.4. The smallest absolute Gasteiger partial charge is 0.279 e. The van der Waals surface area contributed by atoms with Gasteiger partial charge in [0.2, 0.25) is 0 Å². The molecule has 1 aliphatic rings. The highest BCUT2D eigenvalue weighted by Gasteiger charge is 2.59. The first-order chi connectivity index (χ1) is 20.4. The van der Waals surface area contributed by atoms with E-state index in [0.717, 1.165) is 27.8 Å². The van der Waals surface area contributed by atoms with Gasteiger partial charge >= 0.3 is 0 Å². The van der Waals surface area contributed by atoms with Crippen molar-refractivity contribution in [3.63, 3.8) is 0 Å². The Labute approximate surface area is 250 Å². The summed E-state index contributed by atoms with van der Waals surface area (Å²) in [5.74, 6) is 0. The van der Waals surface area contributed by atoms with Crippen LogP contribution in [0.4, 0.5) is 0 Å². The van der Waals surface area contributed by atoms with Crippen molar-refractivity contribution >= 4 is 10.8 Å². The fourth-order valence-electron chi connectivity index (χ4n) is 5.34. The van der Waals surface area contributed by atoms with E-state index >= 15 is 0 Å². The van der Waals surface area contributed by atoms with Crippen LogP contribution in [-0.2, 0) is 49.6 Å². The minimum atomic E-state index is -2.21. The van der Waals surface area contributed by atoms with Crippen LogP contribution in [-0.4, -0.2) is 38.9 Å². The predicted molar refractivity (Wildman–Crippen MR) is 163 cm³/mol. The molecule has 1 saturated heterocycles. The molecule has 0 bridgehead atoms. The van der Waals surface area contributed by atoms with Crippen molar-refractivity contribution < 1.29 is 28.3 Å². The summed E-state index contributed by atoms with van der Waals surface area (Å²) in [5, 5.41) is 10.1. The molecule has 0 saturated carbocycles. The van der Waals surface area contributed by atoms with Crippen LogP contribution in [0, 0.1) is 13.8 Å². The van der Waals surface area contributed by atoms with Crippen molar-refractivity contribution in [3.05, 3.63) is 137 Å². The third kappa shape index (κ3) is 6.89. The Kier molecular flexibility index (Phi) is 10.0. The van der Waals surface area contributed by atoms with Crippen LogP contribution in [0.25, 0.3) is 0 Å². The van der Waals surface area contributed by atoms with Gasteiger partial charge in [0.05, 0.1) is 30.8 Å². The molecule has 1 unspecified atom stereocenters. The Balaban J connectivity index is 1.53. The van der Waals surface area contributed by atoms with Gasteiger partial charge in [-0.05, 0) is 48.6 Å². The molecule has 1 aliphatic heterocycles. The molecule has 1 fully saturated rings. The van der Waals surface area contributed by atoms with Gasteiger partial charge in [0.1, 0.15) is 23.0 Å². The minimum absolute atomic E-state index is 0.159. The minimum Gasteiger partial charge on any atom is -0.368 e. The van der Waals surface area contributed by atoms with Crippen LogP contribution in [0.2, 0.25) is 0 Å². The van der Waals surface area contributed by atoms with Gasteiger partial charge in [-0.1, -0.05) is 109 Å². The second kappa shape index (κ2) is 13.9. The van der Waals surface area contributed by atoms with E-state index in [1.54, 1.807) is 0 Å². The Hall–Kier alpha value is -3.17. The lowest BCUT2D eigenvalue weighted by Crippen LogP contribution is -2.67. The molecule has 220 valence electrons. The van der Waals surface area contributed by atoms with E-state index in [4.69, 9.17) is 18.9 Å². The Bertz CT molecular complexity index is 1430. The monoisotopic (exact) mass is 586 g/mol. The number of ether oxygens (including phenoxy) is 4. The first-order valence-electron chi connectivity index (χ1n) is 14.2. The lowest BCUT2D eigenvalue weighted by Gasteiger charge is -2.49. The van der Waals surface area contributed by atoms with Crippen LogP contribution in [0.3, 0.4) is 0 Å². The summed E-state index contributed by atoms with van der Waals surface area (Å²) in [7, 11) is -2.02. The van der Waals surface area contributed by atoms with E-state index in [-0.39, 0.29) is 13.2 Å². The number of benzene rings is 4. The van der Waals surface area contributed by atoms with Gasteiger partial charge in [0.15, 0.2) is 6.10 Å². The molecule has 7 heteroatoms. The van der Waals surface area contributed by atoms with Crippen molar-refractivity contribution in [1.29, 1.82) is 0 Å². The highest BCUT2D eigenvalue weighted by atomic mass is 32.2. The van der Waals surface area contributed by atoms with Gasteiger partial charge < -0.3 is 24.1 Å². The predicted octanol–water partition coefficient (Wildman–Crippen LogP) is 6.23. The molecule has 42 heavy (non-hydrogen) atoms. The molecular formula is C35H38O6S. The molecule has 0 aliphatic carbocycles. The van der Waals surface area contributed by atoms with Crippen molar-refractivity contribution in [3.8, 4) is 0 Å². The molecule has 0 amide bonds. The summed E-state index contributed by atoms with van der Waals surface area (Å²) < 4.78 is 40.2. The van der Waals surface area contributed by atoms with Gasteiger partial charge in [-0.25, -0.2) is 4.21 Å². The fourth-order valence-corrected chi connectivity index (χ4v) is 7.01. The van der Waals surface area contributed by atoms with Gasteiger partial charge in [0, 0.05) is 0 Å². The Morgan fingerprint density at radius 3 is 1.57 bits per heavy atom. The number of hydrogen-bond acceptors (Lipinski definition) is 6. The van der Waals surface area contributed by atoms with Crippen molar-refractivity contribution in [2.75, 3.05) is 0 Å². The van der Waals surface area contributed by atoms with Gasteiger partial charge in [-0.2, -0.15) is 0 Å². The number of aliphatic hydroxyl groups is 1. The van der Waals surface area contributed by atoms with E-state index in [2.05, 4.69) is 0 Å². The highest BCUT2D eigenvalue weighted by molar-refractivity contribution is 7.86. The molecule has 1 N–H and O–H groups in total. The summed E-state index contributed by atoms with van der Waals surface area (Å²) in [6, 6.07) is 35.0. The molecule has 0 aromatic heterocycles.